The van der Waals surface area contributed by atoms with E-state index in [9.17, 15) is 14.4 Å². The first-order valence-corrected chi connectivity index (χ1v) is 11.7. The number of anilines is 2. The van der Waals surface area contributed by atoms with Gasteiger partial charge in [-0.25, -0.2) is 0 Å². The lowest BCUT2D eigenvalue weighted by Crippen LogP contribution is -2.31. The molecule has 1 N–H and O–H groups in total. The molecule has 6 heteroatoms. The molecule has 0 saturated carbocycles. The van der Waals surface area contributed by atoms with Gasteiger partial charge >= 0.3 is 0 Å². The van der Waals surface area contributed by atoms with Gasteiger partial charge in [-0.2, -0.15) is 0 Å². The van der Waals surface area contributed by atoms with Gasteiger partial charge in [-0.05, 0) is 81.3 Å². The predicted octanol–water partition coefficient (Wildman–Crippen LogP) is 5.89. The number of nitrogens with zero attached hydrogens (tertiary/aromatic N) is 1. The zero-order valence-electron chi connectivity index (χ0n) is 19.7. The Morgan fingerprint density at radius 3 is 2.26 bits per heavy atom. The molecule has 5 rings (SSSR count). The molecule has 3 aromatic carbocycles. The Bertz CT molecular complexity index is 1330. The first-order chi connectivity index (χ1) is 16.9. The molecule has 0 aromatic heterocycles. The van der Waals surface area contributed by atoms with Crippen molar-refractivity contribution in [2.45, 2.75) is 26.7 Å². The molecule has 1 fully saturated rings. The van der Waals surface area contributed by atoms with Gasteiger partial charge in [0.05, 0.1) is 17.5 Å². The maximum absolute atomic E-state index is 13.0. The van der Waals surface area contributed by atoms with Crippen molar-refractivity contribution in [1.82, 2.24) is 0 Å². The summed E-state index contributed by atoms with van der Waals surface area (Å²) in [5.74, 6) is 0.0646. The number of hydrogen-bond acceptors (Lipinski definition) is 4. The third-order valence-corrected chi connectivity index (χ3v) is 6.56. The van der Waals surface area contributed by atoms with Crippen LogP contribution in [-0.2, 0) is 9.59 Å². The minimum absolute atomic E-state index is 0.186. The fraction of sp³-hybridized carbons (Fsp3) is 0.207. The van der Waals surface area contributed by atoms with E-state index in [1.165, 1.54) is 4.90 Å². The zero-order chi connectivity index (χ0) is 24.5. The van der Waals surface area contributed by atoms with Crippen LogP contribution in [0.25, 0.3) is 0 Å². The average molecular weight is 467 g/mol. The van der Waals surface area contributed by atoms with Crippen LogP contribution in [-0.4, -0.2) is 17.7 Å². The van der Waals surface area contributed by atoms with Crippen molar-refractivity contribution in [3.05, 3.63) is 95.6 Å². The summed E-state index contributed by atoms with van der Waals surface area (Å²) >= 11 is 0. The van der Waals surface area contributed by atoms with Gasteiger partial charge in [0.1, 0.15) is 11.5 Å². The fourth-order valence-electron chi connectivity index (χ4n) is 4.63. The molecule has 2 aliphatic rings. The highest BCUT2D eigenvalue weighted by Crippen LogP contribution is 2.39. The summed E-state index contributed by atoms with van der Waals surface area (Å²) in [6.07, 6.45) is 3.23. The molecule has 0 bridgehead atoms. The van der Waals surface area contributed by atoms with Crippen molar-refractivity contribution >= 4 is 29.1 Å². The third kappa shape index (κ3) is 4.60. The number of carbonyl (C=O) groups excluding carboxylic acids is 3. The van der Waals surface area contributed by atoms with E-state index in [1.807, 2.05) is 44.2 Å². The van der Waals surface area contributed by atoms with Crippen molar-refractivity contribution in [3.63, 3.8) is 0 Å². The number of allylic oxidation sites excluding steroid dienone is 2. The van der Waals surface area contributed by atoms with Crippen LogP contribution in [0.3, 0.4) is 0 Å². The van der Waals surface area contributed by atoms with Crippen LogP contribution in [0.15, 0.2) is 84.4 Å². The maximum Gasteiger partial charge on any atom is 0.255 e. The van der Waals surface area contributed by atoms with Gasteiger partial charge in [0.25, 0.3) is 5.91 Å². The molecule has 1 heterocycles. The minimum atomic E-state index is -0.326. The summed E-state index contributed by atoms with van der Waals surface area (Å²) in [6, 6.07) is 21.5. The SMILES string of the molecule is CC1=CC[C@H]2C(=O)N(c3cccc(C(=O)Nc4ccc(Oc5ccc(C)cc5)cc4)c3)C(=O)[C@@H]2C1. The molecule has 1 aliphatic carbocycles. The highest BCUT2D eigenvalue weighted by molar-refractivity contribution is 6.22. The lowest BCUT2D eigenvalue weighted by atomic mass is 9.82. The first-order valence-electron chi connectivity index (χ1n) is 11.7. The van der Waals surface area contributed by atoms with Gasteiger partial charge in [0, 0.05) is 11.3 Å². The van der Waals surface area contributed by atoms with Gasteiger partial charge < -0.3 is 10.1 Å². The average Bonchev–Trinajstić information content (AvgIpc) is 3.11. The van der Waals surface area contributed by atoms with Crippen molar-refractivity contribution < 1.29 is 19.1 Å². The van der Waals surface area contributed by atoms with Gasteiger partial charge in [-0.3, -0.25) is 19.3 Å². The molecular weight excluding hydrogens is 440 g/mol. The van der Waals surface area contributed by atoms with Crippen LogP contribution in [0.1, 0.15) is 35.7 Å². The van der Waals surface area contributed by atoms with E-state index < -0.39 is 0 Å². The number of imide groups is 1. The summed E-state index contributed by atoms with van der Waals surface area (Å²) in [4.78, 5) is 40.1. The number of hydrogen-bond donors (Lipinski definition) is 1. The molecular formula is C29H26N2O4. The normalized spacial score (nSPS) is 19.3. The number of rotatable bonds is 5. The number of nitrogens with one attached hydrogen (secondary N) is 1. The summed E-state index contributed by atoms with van der Waals surface area (Å²) in [6.45, 7) is 4.01. The topological polar surface area (TPSA) is 75.7 Å². The third-order valence-electron chi connectivity index (χ3n) is 6.56. The highest BCUT2D eigenvalue weighted by Gasteiger charge is 2.48. The highest BCUT2D eigenvalue weighted by atomic mass is 16.5. The Labute approximate surface area is 204 Å². The van der Waals surface area contributed by atoms with E-state index in [-0.39, 0.29) is 29.6 Å². The molecule has 176 valence electrons. The zero-order valence-corrected chi connectivity index (χ0v) is 19.7. The molecule has 3 aromatic rings. The van der Waals surface area contributed by atoms with E-state index in [4.69, 9.17) is 4.74 Å². The number of fused-ring (bicyclic) bond motifs is 1. The quantitative estimate of drug-likeness (QED) is 0.376. The molecule has 2 atom stereocenters. The molecule has 1 aliphatic heterocycles. The lowest BCUT2D eigenvalue weighted by molar-refractivity contribution is -0.122. The Morgan fingerprint density at radius 2 is 1.54 bits per heavy atom. The summed E-state index contributed by atoms with van der Waals surface area (Å²) in [5, 5.41) is 2.86. The van der Waals surface area contributed by atoms with Crippen molar-refractivity contribution in [2.24, 2.45) is 11.8 Å². The number of amides is 3. The second-order valence-electron chi connectivity index (χ2n) is 9.16. The van der Waals surface area contributed by atoms with Gasteiger partial charge in [0.15, 0.2) is 0 Å². The maximum atomic E-state index is 13.0. The van der Waals surface area contributed by atoms with E-state index in [0.29, 0.717) is 35.5 Å². The van der Waals surface area contributed by atoms with Crippen LogP contribution in [0, 0.1) is 18.8 Å². The number of aryl methyl sites for hydroxylation is 1. The van der Waals surface area contributed by atoms with E-state index in [2.05, 4.69) is 5.32 Å². The fourth-order valence-corrected chi connectivity index (χ4v) is 4.63. The van der Waals surface area contributed by atoms with Crippen LogP contribution in [0.4, 0.5) is 11.4 Å². The second-order valence-corrected chi connectivity index (χ2v) is 9.16. The van der Waals surface area contributed by atoms with Crippen LogP contribution >= 0.6 is 0 Å². The Balaban J connectivity index is 1.27. The Kier molecular flexibility index (Phi) is 5.95. The second kappa shape index (κ2) is 9.22. The minimum Gasteiger partial charge on any atom is -0.457 e. The molecule has 3 amide bonds. The molecule has 0 radical (unpaired) electrons. The Hall–Kier alpha value is -4.19. The van der Waals surface area contributed by atoms with Gasteiger partial charge in [-0.1, -0.05) is 35.4 Å². The van der Waals surface area contributed by atoms with Crippen LogP contribution in [0.2, 0.25) is 0 Å². The van der Waals surface area contributed by atoms with Gasteiger partial charge in [0.2, 0.25) is 11.8 Å². The Morgan fingerprint density at radius 1 is 0.886 bits per heavy atom. The lowest BCUT2D eigenvalue weighted by Gasteiger charge is -2.18. The van der Waals surface area contributed by atoms with E-state index in [0.717, 1.165) is 16.9 Å². The number of carbonyl (C=O) groups is 3. The molecule has 0 unspecified atom stereocenters. The summed E-state index contributed by atoms with van der Waals surface area (Å²) in [5.41, 5.74) is 3.70. The largest absolute Gasteiger partial charge is 0.457 e. The summed E-state index contributed by atoms with van der Waals surface area (Å²) in [7, 11) is 0. The number of ether oxygens (including phenoxy) is 1. The van der Waals surface area contributed by atoms with Crippen molar-refractivity contribution in [3.8, 4) is 11.5 Å². The van der Waals surface area contributed by atoms with Crippen molar-refractivity contribution in [1.29, 1.82) is 0 Å². The van der Waals surface area contributed by atoms with E-state index in [1.54, 1.807) is 48.5 Å². The molecule has 6 nitrogen and oxygen atoms in total. The molecule has 0 spiro atoms. The summed E-state index contributed by atoms with van der Waals surface area (Å²) < 4.78 is 5.83. The van der Waals surface area contributed by atoms with E-state index >= 15 is 0 Å². The standard InChI is InChI=1S/C29H26N2O4/c1-18-6-11-23(12-7-18)35-24-13-9-21(10-14-24)30-27(32)20-4-3-5-22(17-20)31-28(33)25-15-8-19(2)16-26(25)29(31)34/h3-14,17,25-26H,15-16H2,1-2H3,(H,30,32)/t25-,26-/m1/s1. The first kappa shape index (κ1) is 22.6. The monoisotopic (exact) mass is 466 g/mol. The smallest absolute Gasteiger partial charge is 0.255 e. The van der Waals surface area contributed by atoms with Crippen LogP contribution in [0.5, 0.6) is 11.5 Å². The predicted molar refractivity (Wildman–Crippen MR) is 135 cm³/mol. The van der Waals surface area contributed by atoms with Crippen molar-refractivity contribution in [2.75, 3.05) is 10.2 Å². The molecule has 35 heavy (non-hydrogen) atoms. The van der Waals surface area contributed by atoms with Gasteiger partial charge in [-0.15, -0.1) is 0 Å². The molecule has 1 saturated heterocycles. The number of benzene rings is 3. The van der Waals surface area contributed by atoms with Crippen LogP contribution < -0.4 is 15.0 Å².